The number of nitrogens with zero attached hydrogens (tertiary/aromatic N) is 2. The van der Waals surface area contributed by atoms with Crippen LogP contribution in [0.4, 0.5) is 0 Å². The number of nitrogens with two attached hydrogens (primary N) is 1. The smallest absolute Gasteiger partial charge is 0.125 e. The van der Waals surface area contributed by atoms with Crippen molar-refractivity contribution in [2.24, 2.45) is 11.1 Å². The second-order valence-corrected chi connectivity index (χ2v) is 5.19. The summed E-state index contributed by atoms with van der Waals surface area (Å²) in [5.74, 6) is 0.854. The molecule has 0 aliphatic heterocycles. The van der Waals surface area contributed by atoms with E-state index in [0.29, 0.717) is 12.0 Å². The van der Waals surface area contributed by atoms with Crippen LogP contribution in [0, 0.1) is 12.3 Å². The molecule has 0 saturated heterocycles. The lowest BCUT2D eigenvalue weighted by molar-refractivity contribution is 0.308. The van der Waals surface area contributed by atoms with Gasteiger partial charge in [0, 0.05) is 12.2 Å². The Morgan fingerprint density at radius 1 is 1.33 bits per heavy atom. The minimum atomic E-state index is 0.375. The first kappa shape index (κ1) is 10.6. The van der Waals surface area contributed by atoms with Gasteiger partial charge >= 0.3 is 0 Å². The van der Waals surface area contributed by atoms with Crippen LogP contribution in [0.3, 0.4) is 0 Å². The van der Waals surface area contributed by atoms with E-state index in [4.69, 9.17) is 5.73 Å². The van der Waals surface area contributed by atoms with Crippen LogP contribution < -0.4 is 5.73 Å². The lowest BCUT2D eigenvalue weighted by Crippen LogP contribution is -2.26. The molecule has 0 bridgehead atoms. The number of fused-ring (bicyclic) bond motifs is 1. The molecule has 1 aromatic rings. The van der Waals surface area contributed by atoms with Crippen LogP contribution in [-0.4, -0.2) is 9.97 Å². The van der Waals surface area contributed by atoms with Gasteiger partial charge in [-0.25, -0.2) is 9.97 Å². The van der Waals surface area contributed by atoms with Crippen LogP contribution in [-0.2, 0) is 19.4 Å². The molecule has 1 aromatic heterocycles. The van der Waals surface area contributed by atoms with Crippen molar-refractivity contribution in [3.8, 4) is 0 Å². The first-order chi connectivity index (χ1) is 7.02. The van der Waals surface area contributed by atoms with Crippen molar-refractivity contribution in [1.82, 2.24) is 9.97 Å². The second kappa shape index (κ2) is 3.56. The number of hydrogen-bond acceptors (Lipinski definition) is 3. The molecule has 15 heavy (non-hydrogen) atoms. The zero-order chi connectivity index (χ0) is 11.1. The van der Waals surface area contributed by atoms with E-state index in [1.807, 2.05) is 6.92 Å². The number of aromatic nitrogens is 2. The third-order valence-electron chi connectivity index (χ3n) is 3.18. The van der Waals surface area contributed by atoms with E-state index < -0.39 is 0 Å². The molecule has 0 atom stereocenters. The summed E-state index contributed by atoms with van der Waals surface area (Å²) >= 11 is 0. The predicted octanol–water partition coefficient (Wildman–Crippen LogP) is 1.76. The second-order valence-electron chi connectivity index (χ2n) is 5.19. The fraction of sp³-hybridized carbons (Fsp3) is 0.667. The summed E-state index contributed by atoms with van der Waals surface area (Å²) < 4.78 is 0. The van der Waals surface area contributed by atoms with E-state index in [9.17, 15) is 0 Å². The lowest BCUT2D eigenvalue weighted by atomic mass is 9.76. The van der Waals surface area contributed by atoms with E-state index in [1.54, 1.807) is 0 Å². The topological polar surface area (TPSA) is 51.8 Å². The van der Waals surface area contributed by atoms with Crippen molar-refractivity contribution in [1.29, 1.82) is 0 Å². The summed E-state index contributed by atoms with van der Waals surface area (Å²) in [7, 11) is 0. The summed E-state index contributed by atoms with van der Waals surface area (Å²) in [4.78, 5) is 8.97. The minimum absolute atomic E-state index is 0.375. The monoisotopic (exact) mass is 205 g/mol. The quantitative estimate of drug-likeness (QED) is 0.760. The molecule has 1 aliphatic carbocycles. The Balaban J connectivity index is 2.47. The van der Waals surface area contributed by atoms with Gasteiger partial charge in [-0.05, 0) is 37.2 Å². The van der Waals surface area contributed by atoms with Crippen molar-refractivity contribution < 1.29 is 0 Å². The van der Waals surface area contributed by atoms with Gasteiger partial charge in [0.1, 0.15) is 5.82 Å². The van der Waals surface area contributed by atoms with Crippen LogP contribution in [0.5, 0.6) is 0 Å². The molecule has 0 amide bonds. The van der Waals surface area contributed by atoms with Crippen molar-refractivity contribution in [3.63, 3.8) is 0 Å². The molecule has 0 aromatic carbocycles. The average Bonchev–Trinajstić information content (AvgIpc) is 2.14. The molecule has 0 spiro atoms. The minimum Gasteiger partial charge on any atom is -0.325 e. The van der Waals surface area contributed by atoms with Gasteiger partial charge in [-0.2, -0.15) is 0 Å². The molecule has 2 N–H and O–H groups in total. The van der Waals surface area contributed by atoms with Crippen molar-refractivity contribution in [3.05, 3.63) is 22.8 Å². The van der Waals surface area contributed by atoms with Crippen LogP contribution in [0.2, 0.25) is 0 Å². The van der Waals surface area contributed by atoms with E-state index in [0.717, 1.165) is 24.4 Å². The summed E-state index contributed by atoms with van der Waals surface area (Å²) in [6, 6.07) is 0. The van der Waals surface area contributed by atoms with Crippen LogP contribution in [0.25, 0.3) is 0 Å². The van der Waals surface area contributed by atoms with E-state index >= 15 is 0 Å². The van der Waals surface area contributed by atoms with Gasteiger partial charge in [0.05, 0.1) is 5.69 Å². The van der Waals surface area contributed by atoms with E-state index in [2.05, 4.69) is 23.8 Å². The van der Waals surface area contributed by atoms with Crippen LogP contribution in [0.15, 0.2) is 0 Å². The highest BCUT2D eigenvalue weighted by atomic mass is 14.9. The van der Waals surface area contributed by atoms with Gasteiger partial charge in [-0.1, -0.05) is 13.8 Å². The standard InChI is InChI=1S/C12H19N3/c1-8-14-10-6-12(2,3)5-4-9(10)11(7-13)15-8/h4-7,13H2,1-3H3. The molecule has 0 saturated carbocycles. The lowest BCUT2D eigenvalue weighted by Gasteiger charge is -2.31. The first-order valence-corrected chi connectivity index (χ1v) is 5.57. The SMILES string of the molecule is Cc1nc(CN)c2c(n1)CC(C)(C)CC2. The molecular formula is C12H19N3. The summed E-state index contributed by atoms with van der Waals surface area (Å²) in [5, 5.41) is 0. The molecule has 2 rings (SSSR count). The van der Waals surface area contributed by atoms with Gasteiger partial charge in [0.2, 0.25) is 0 Å². The Kier molecular flexibility index (Phi) is 2.51. The van der Waals surface area contributed by atoms with Crippen LogP contribution in [0.1, 0.15) is 43.0 Å². The van der Waals surface area contributed by atoms with Crippen molar-refractivity contribution in [2.45, 2.75) is 46.6 Å². The van der Waals surface area contributed by atoms with Crippen LogP contribution >= 0.6 is 0 Å². The number of rotatable bonds is 1. The third-order valence-corrected chi connectivity index (χ3v) is 3.18. The molecule has 3 heteroatoms. The Bertz CT molecular complexity index is 383. The van der Waals surface area contributed by atoms with Gasteiger partial charge in [0.15, 0.2) is 0 Å². The normalized spacial score (nSPS) is 18.7. The fourth-order valence-corrected chi connectivity index (χ4v) is 2.33. The molecule has 0 radical (unpaired) electrons. The van der Waals surface area contributed by atoms with Gasteiger partial charge in [-0.15, -0.1) is 0 Å². The zero-order valence-electron chi connectivity index (χ0n) is 9.80. The average molecular weight is 205 g/mol. The molecular weight excluding hydrogens is 186 g/mol. The summed E-state index contributed by atoms with van der Waals surface area (Å²) in [6.07, 6.45) is 3.34. The van der Waals surface area contributed by atoms with Gasteiger partial charge < -0.3 is 5.73 Å². The number of hydrogen-bond donors (Lipinski definition) is 1. The highest BCUT2D eigenvalue weighted by molar-refractivity contribution is 5.29. The maximum Gasteiger partial charge on any atom is 0.125 e. The maximum absolute atomic E-state index is 5.72. The Hall–Kier alpha value is -0.960. The van der Waals surface area contributed by atoms with Crippen molar-refractivity contribution in [2.75, 3.05) is 0 Å². The van der Waals surface area contributed by atoms with Gasteiger partial charge in [-0.3, -0.25) is 0 Å². The summed E-state index contributed by atoms with van der Waals surface area (Å²) in [6.45, 7) is 7.08. The largest absolute Gasteiger partial charge is 0.325 e. The highest BCUT2D eigenvalue weighted by Crippen LogP contribution is 2.34. The number of aryl methyl sites for hydroxylation is 1. The Labute approximate surface area is 91.1 Å². The Morgan fingerprint density at radius 3 is 2.73 bits per heavy atom. The third kappa shape index (κ3) is 2.02. The van der Waals surface area contributed by atoms with Gasteiger partial charge in [0.25, 0.3) is 0 Å². The zero-order valence-corrected chi connectivity index (χ0v) is 9.80. The highest BCUT2D eigenvalue weighted by Gasteiger charge is 2.28. The van der Waals surface area contributed by atoms with E-state index in [-0.39, 0.29) is 0 Å². The summed E-state index contributed by atoms with van der Waals surface area (Å²) in [5.41, 5.74) is 9.67. The Morgan fingerprint density at radius 2 is 2.07 bits per heavy atom. The first-order valence-electron chi connectivity index (χ1n) is 5.57. The van der Waals surface area contributed by atoms with Crippen molar-refractivity contribution >= 4 is 0 Å². The maximum atomic E-state index is 5.72. The molecule has 1 heterocycles. The predicted molar refractivity (Wildman–Crippen MR) is 60.5 cm³/mol. The molecule has 0 fully saturated rings. The fourth-order valence-electron chi connectivity index (χ4n) is 2.33. The molecule has 3 nitrogen and oxygen atoms in total. The molecule has 0 unspecified atom stereocenters. The molecule has 1 aliphatic rings. The molecule has 82 valence electrons. The van der Waals surface area contributed by atoms with E-state index in [1.165, 1.54) is 17.7 Å².